The summed E-state index contributed by atoms with van der Waals surface area (Å²) in [5.41, 5.74) is 3.63. The van der Waals surface area contributed by atoms with Crippen LogP contribution in [0.3, 0.4) is 0 Å². The van der Waals surface area contributed by atoms with Gasteiger partial charge in [0.05, 0.1) is 0 Å². The lowest BCUT2D eigenvalue weighted by Crippen LogP contribution is -2.44. The molecule has 1 aromatic carbocycles. The third kappa shape index (κ3) is 1.41. The first-order valence-corrected chi connectivity index (χ1v) is 6.11. The minimum absolute atomic E-state index is 0.507. The fourth-order valence-electron chi connectivity index (χ4n) is 3.35. The van der Waals surface area contributed by atoms with Crippen LogP contribution in [-0.2, 0) is 6.42 Å². The zero-order valence-electron chi connectivity index (χ0n) is 9.42. The maximum atomic E-state index is 3.72. The van der Waals surface area contributed by atoms with Crippen LogP contribution in [0.4, 0.5) is 0 Å². The van der Waals surface area contributed by atoms with E-state index >= 15 is 0 Å². The predicted molar refractivity (Wildman–Crippen MR) is 62.8 cm³/mol. The summed E-state index contributed by atoms with van der Waals surface area (Å²) in [5, 5.41) is 3.72. The molecule has 3 rings (SSSR count). The molecule has 1 N–H and O–H groups in total. The van der Waals surface area contributed by atoms with Crippen LogP contribution in [0.15, 0.2) is 24.3 Å². The average molecular weight is 201 g/mol. The first-order valence-electron chi connectivity index (χ1n) is 6.11. The van der Waals surface area contributed by atoms with E-state index in [1.165, 1.54) is 32.2 Å². The summed E-state index contributed by atoms with van der Waals surface area (Å²) < 4.78 is 0. The fraction of sp³-hybridized carbons (Fsp3) is 0.571. The first-order chi connectivity index (χ1) is 7.30. The molecule has 1 nitrogen and oxygen atoms in total. The summed E-state index contributed by atoms with van der Waals surface area (Å²) in [5.74, 6) is 0. The van der Waals surface area contributed by atoms with Crippen molar-refractivity contribution in [2.24, 2.45) is 5.41 Å². The van der Waals surface area contributed by atoms with Gasteiger partial charge in [-0.05, 0) is 48.8 Å². The summed E-state index contributed by atoms with van der Waals surface area (Å²) >= 11 is 0. The molecule has 2 atom stereocenters. The largest absolute Gasteiger partial charge is 0.309 e. The van der Waals surface area contributed by atoms with Gasteiger partial charge in [-0.1, -0.05) is 31.2 Å². The second-order valence-electron chi connectivity index (χ2n) is 5.34. The fourth-order valence-corrected chi connectivity index (χ4v) is 3.35. The van der Waals surface area contributed by atoms with Crippen molar-refractivity contribution in [3.63, 3.8) is 0 Å². The number of rotatable bonds is 0. The van der Waals surface area contributed by atoms with Crippen molar-refractivity contribution < 1.29 is 0 Å². The third-order valence-corrected chi connectivity index (χ3v) is 4.30. The second-order valence-corrected chi connectivity index (χ2v) is 5.34. The molecule has 1 heteroatoms. The Hall–Kier alpha value is -0.820. The van der Waals surface area contributed by atoms with Crippen LogP contribution in [0, 0.1) is 5.41 Å². The van der Waals surface area contributed by atoms with Crippen molar-refractivity contribution in [2.75, 3.05) is 6.54 Å². The van der Waals surface area contributed by atoms with Crippen LogP contribution < -0.4 is 5.32 Å². The number of aryl methyl sites for hydroxylation is 1. The number of fused-ring (bicyclic) bond motifs is 3. The monoisotopic (exact) mass is 201 g/mol. The predicted octanol–water partition coefficient (Wildman–Crippen LogP) is 3.06. The zero-order chi connectivity index (χ0) is 10.3. The molecule has 2 aliphatic rings. The lowest BCUT2D eigenvalue weighted by atomic mass is 9.65. The van der Waals surface area contributed by atoms with Crippen molar-refractivity contribution in [3.8, 4) is 0 Å². The molecule has 0 radical (unpaired) electrons. The molecule has 1 fully saturated rings. The van der Waals surface area contributed by atoms with Crippen LogP contribution >= 0.6 is 0 Å². The summed E-state index contributed by atoms with van der Waals surface area (Å²) in [7, 11) is 0. The topological polar surface area (TPSA) is 12.0 Å². The molecule has 15 heavy (non-hydrogen) atoms. The van der Waals surface area contributed by atoms with E-state index in [0.717, 1.165) is 0 Å². The Morgan fingerprint density at radius 3 is 3.07 bits per heavy atom. The standard InChI is InChI=1S/C14H19N/c1-14-8-4-10-15-13(14)12-6-3-2-5-11(12)7-9-14/h2-3,5-6,13,15H,4,7-10H2,1H3/t13-,14+/m1/s1. The Labute approximate surface area is 91.9 Å². The second kappa shape index (κ2) is 3.34. The summed E-state index contributed by atoms with van der Waals surface area (Å²) in [6.07, 6.45) is 5.35. The molecular formula is C14H19N. The van der Waals surface area contributed by atoms with E-state index in [1.807, 2.05) is 0 Å². The highest BCUT2D eigenvalue weighted by molar-refractivity contribution is 5.34. The molecule has 0 bridgehead atoms. The van der Waals surface area contributed by atoms with E-state index in [4.69, 9.17) is 0 Å². The minimum Gasteiger partial charge on any atom is -0.309 e. The van der Waals surface area contributed by atoms with Gasteiger partial charge in [0.1, 0.15) is 0 Å². The zero-order valence-corrected chi connectivity index (χ0v) is 9.42. The molecule has 0 spiro atoms. The number of hydrogen-bond acceptors (Lipinski definition) is 1. The number of hydrogen-bond donors (Lipinski definition) is 1. The Kier molecular flexibility index (Phi) is 2.10. The van der Waals surface area contributed by atoms with Crippen LogP contribution in [0.2, 0.25) is 0 Å². The molecule has 1 aliphatic carbocycles. The van der Waals surface area contributed by atoms with E-state index in [9.17, 15) is 0 Å². The van der Waals surface area contributed by atoms with Crippen molar-refractivity contribution in [2.45, 2.75) is 38.6 Å². The van der Waals surface area contributed by atoms with Gasteiger partial charge in [-0.2, -0.15) is 0 Å². The van der Waals surface area contributed by atoms with Crippen LogP contribution in [0.1, 0.15) is 43.4 Å². The van der Waals surface area contributed by atoms with Crippen LogP contribution in [0.5, 0.6) is 0 Å². The molecule has 1 saturated heterocycles. The molecular weight excluding hydrogens is 182 g/mol. The van der Waals surface area contributed by atoms with Gasteiger partial charge in [-0.3, -0.25) is 0 Å². The van der Waals surface area contributed by atoms with E-state index in [0.29, 0.717) is 11.5 Å². The maximum Gasteiger partial charge on any atom is 0.0377 e. The van der Waals surface area contributed by atoms with Crippen molar-refractivity contribution >= 4 is 0 Å². The van der Waals surface area contributed by atoms with Crippen molar-refractivity contribution in [3.05, 3.63) is 35.4 Å². The first kappa shape index (κ1) is 9.41. The summed E-state index contributed by atoms with van der Waals surface area (Å²) in [6.45, 7) is 3.65. The van der Waals surface area contributed by atoms with E-state index < -0.39 is 0 Å². The Morgan fingerprint density at radius 2 is 2.13 bits per heavy atom. The average Bonchev–Trinajstić information content (AvgIpc) is 2.28. The highest BCUT2D eigenvalue weighted by Crippen LogP contribution is 2.48. The number of benzene rings is 1. The van der Waals surface area contributed by atoms with E-state index in [-0.39, 0.29) is 0 Å². The molecule has 1 aliphatic heterocycles. The lowest BCUT2D eigenvalue weighted by Gasteiger charge is -2.46. The quantitative estimate of drug-likeness (QED) is 0.680. The molecule has 0 saturated carbocycles. The lowest BCUT2D eigenvalue weighted by molar-refractivity contribution is 0.132. The highest BCUT2D eigenvalue weighted by atomic mass is 15.0. The molecule has 1 heterocycles. The molecule has 0 amide bonds. The van der Waals surface area contributed by atoms with Crippen molar-refractivity contribution in [1.82, 2.24) is 5.32 Å². The smallest absolute Gasteiger partial charge is 0.0377 e. The molecule has 0 unspecified atom stereocenters. The maximum absolute atomic E-state index is 3.72. The Bertz CT molecular complexity index is 371. The van der Waals surface area contributed by atoms with Gasteiger partial charge in [0.15, 0.2) is 0 Å². The van der Waals surface area contributed by atoms with Crippen LogP contribution in [-0.4, -0.2) is 6.54 Å². The normalized spacial score (nSPS) is 34.3. The van der Waals surface area contributed by atoms with Gasteiger partial charge < -0.3 is 5.32 Å². The molecule has 1 aromatic rings. The number of nitrogens with one attached hydrogen (secondary N) is 1. The van der Waals surface area contributed by atoms with Crippen LogP contribution in [0.25, 0.3) is 0 Å². The van der Waals surface area contributed by atoms with Gasteiger partial charge in [0, 0.05) is 6.04 Å². The van der Waals surface area contributed by atoms with Crippen molar-refractivity contribution in [1.29, 1.82) is 0 Å². The van der Waals surface area contributed by atoms with E-state index in [2.05, 4.69) is 36.5 Å². The summed E-state index contributed by atoms with van der Waals surface area (Å²) in [6, 6.07) is 9.57. The highest BCUT2D eigenvalue weighted by Gasteiger charge is 2.40. The van der Waals surface area contributed by atoms with Gasteiger partial charge in [-0.25, -0.2) is 0 Å². The number of piperidine rings is 1. The Morgan fingerprint density at radius 1 is 1.27 bits per heavy atom. The Balaban J connectivity index is 2.05. The van der Waals surface area contributed by atoms with Gasteiger partial charge >= 0.3 is 0 Å². The molecule has 80 valence electrons. The molecule has 0 aromatic heterocycles. The van der Waals surface area contributed by atoms with Gasteiger partial charge in [0.2, 0.25) is 0 Å². The van der Waals surface area contributed by atoms with Gasteiger partial charge in [0.25, 0.3) is 0 Å². The summed E-state index contributed by atoms with van der Waals surface area (Å²) in [4.78, 5) is 0. The van der Waals surface area contributed by atoms with E-state index in [1.54, 1.807) is 11.1 Å². The third-order valence-electron chi connectivity index (χ3n) is 4.30. The van der Waals surface area contributed by atoms with Gasteiger partial charge in [-0.15, -0.1) is 0 Å². The minimum atomic E-state index is 0.507. The SMILES string of the molecule is C[C@@]12CCCN[C@@H]1c1ccccc1CC2.